The van der Waals surface area contributed by atoms with Gasteiger partial charge in [0, 0.05) is 0 Å². The fourth-order valence-corrected chi connectivity index (χ4v) is 1.68. The van der Waals surface area contributed by atoms with Crippen molar-refractivity contribution < 1.29 is 14.4 Å². The summed E-state index contributed by atoms with van der Waals surface area (Å²) in [4.78, 5) is 9.72. The van der Waals surface area contributed by atoms with Crippen LogP contribution in [0, 0.1) is 10.1 Å². The standard InChI is InChI=1S/C8H10N2O4/c9-8(3-5(11)4-8)6-1-2-7(14-6)10(12)13/h1-2,5,11H,3-4,9H2. The van der Waals surface area contributed by atoms with Gasteiger partial charge in [-0.2, -0.15) is 0 Å². The highest BCUT2D eigenvalue weighted by atomic mass is 16.6. The van der Waals surface area contributed by atoms with E-state index in [4.69, 9.17) is 15.3 Å². The van der Waals surface area contributed by atoms with E-state index < -0.39 is 16.6 Å². The van der Waals surface area contributed by atoms with Crippen LogP contribution < -0.4 is 5.73 Å². The number of nitro groups is 1. The maximum atomic E-state index is 10.3. The summed E-state index contributed by atoms with van der Waals surface area (Å²) in [6, 6.07) is 2.76. The van der Waals surface area contributed by atoms with Crippen LogP contribution in [0.25, 0.3) is 0 Å². The Morgan fingerprint density at radius 1 is 1.64 bits per heavy atom. The lowest BCUT2D eigenvalue weighted by molar-refractivity contribution is -0.402. The molecule has 0 aromatic carbocycles. The van der Waals surface area contributed by atoms with E-state index in [0.717, 1.165) is 0 Å². The van der Waals surface area contributed by atoms with Crippen molar-refractivity contribution in [2.24, 2.45) is 5.73 Å². The van der Waals surface area contributed by atoms with Crippen molar-refractivity contribution in [3.8, 4) is 0 Å². The Bertz CT molecular complexity index is 367. The first kappa shape index (κ1) is 9.17. The molecule has 6 heteroatoms. The zero-order valence-electron chi connectivity index (χ0n) is 7.34. The van der Waals surface area contributed by atoms with E-state index in [1.54, 1.807) is 0 Å². The SMILES string of the molecule is NC1(c2ccc([N+](=O)[O-])o2)CC(O)C1. The van der Waals surface area contributed by atoms with Crippen molar-refractivity contribution in [1.29, 1.82) is 0 Å². The smallest absolute Gasteiger partial charge is 0.404 e. The van der Waals surface area contributed by atoms with Gasteiger partial charge in [0.1, 0.15) is 10.7 Å². The first-order chi connectivity index (χ1) is 6.51. The summed E-state index contributed by atoms with van der Waals surface area (Å²) in [5.41, 5.74) is 5.12. The number of aliphatic hydroxyl groups is 1. The van der Waals surface area contributed by atoms with E-state index in [1.165, 1.54) is 12.1 Å². The van der Waals surface area contributed by atoms with Gasteiger partial charge in [0.05, 0.1) is 17.7 Å². The zero-order valence-corrected chi connectivity index (χ0v) is 7.34. The minimum atomic E-state index is -0.728. The minimum Gasteiger partial charge on any atom is -0.404 e. The van der Waals surface area contributed by atoms with Gasteiger partial charge in [0.15, 0.2) is 0 Å². The molecule has 76 valence electrons. The molecule has 0 saturated heterocycles. The van der Waals surface area contributed by atoms with Crippen molar-refractivity contribution in [2.45, 2.75) is 24.5 Å². The van der Waals surface area contributed by atoms with Crippen molar-refractivity contribution >= 4 is 5.88 Å². The van der Waals surface area contributed by atoms with Crippen LogP contribution in [0.15, 0.2) is 16.5 Å². The maximum absolute atomic E-state index is 10.3. The third kappa shape index (κ3) is 1.28. The summed E-state index contributed by atoms with van der Waals surface area (Å²) in [5.74, 6) is 0.0562. The van der Waals surface area contributed by atoms with Crippen LogP contribution in [0.5, 0.6) is 0 Å². The molecule has 0 aliphatic heterocycles. The minimum absolute atomic E-state index is 0.314. The van der Waals surface area contributed by atoms with E-state index in [9.17, 15) is 10.1 Å². The zero-order chi connectivity index (χ0) is 10.3. The van der Waals surface area contributed by atoms with Gasteiger partial charge in [0.25, 0.3) is 0 Å². The molecule has 1 aromatic heterocycles. The average molecular weight is 198 g/mol. The predicted octanol–water partition coefficient (Wildman–Crippen LogP) is 0.496. The highest BCUT2D eigenvalue weighted by molar-refractivity contribution is 5.25. The molecule has 1 fully saturated rings. The molecule has 0 unspecified atom stereocenters. The predicted molar refractivity (Wildman–Crippen MR) is 46.5 cm³/mol. The van der Waals surface area contributed by atoms with E-state index in [2.05, 4.69) is 0 Å². The lowest BCUT2D eigenvalue weighted by Crippen LogP contribution is -2.51. The molecule has 0 spiro atoms. The molecule has 3 N–H and O–H groups in total. The monoisotopic (exact) mass is 198 g/mol. The molecule has 1 aliphatic rings. The van der Waals surface area contributed by atoms with Gasteiger partial charge in [-0.15, -0.1) is 0 Å². The molecular formula is C8H10N2O4. The lowest BCUT2D eigenvalue weighted by atomic mass is 9.73. The molecule has 14 heavy (non-hydrogen) atoms. The highest BCUT2D eigenvalue weighted by Crippen LogP contribution is 2.40. The molecule has 1 saturated carbocycles. The molecule has 1 aromatic rings. The van der Waals surface area contributed by atoms with Crippen LogP contribution in [-0.2, 0) is 5.54 Å². The van der Waals surface area contributed by atoms with Crippen molar-refractivity contribution in [3.63, 3.8) is 0 Å². The number of hydrogen-bond acceptors (Lipinski definition) is 5. The quantitative estimate of drug-likeness (QED) is 0.532. The number of aliphatic hydroxyl groups excluding tert-OH is 1. The molecule has 0 radical (unpaired) electrons. The Kier molecular flexibility index (Phi) is 1.83. The Labute approximate surface area is 79.5 Å². The van der Waals surface area contributed by atoms with Gasteiger partial charge in [-0.25, -0.2) is 0 Å². The normalized spacial score (nSPS) is 31.1. The number of furan rings is 1. The Morgan fingerprint density at radius 2 is 2.29 bits per heavy atom. The van der Waals surface area contributed by atoms with Crippen molar-refractivity contribution in [3.05, 3.63) is 28.0 Å². The summed E-state index contributed by atoms with van der Waals surface area (Å²) in [7, 11) is 0. The summed E-state index contributed by atoms with van der Waals surface area (Å²) < 4.78 is 4.97. The van der Waals surface area contributed by atoms with Crippen LogP contribution in [-0.4, -0.2) is 16.1 Å². The van der Waals surface area contributed by atoms with Crippen LogP contribution in [0.2, 0.25) is 0 Å². The Morgan fingerprint density at radius 3 is 2.71 bits per heavy atom. The summed E-state index contributed by atoms with van der Waals surface area (Å²) in [6.07, 6.45) is 0.346. The molecule has 6 nitrogen and oxygen atoms in total. The van der Waals surface area contributed by atoms with Gasteiger partial charge in [-0.1, -0.05) is 0 Å². The molecule has 1 heterocycles. The molecule has 1 aliphatic carbocycles. The molecule has 0 bridgehead atoms. The Hall–Kier alpha value is -1.40. The van der Waals surface area contributed by atoms with Crippen LogP contribution >= 0.6 is 0 Å². The molecular weight excluding hydrogens is 188 g/mol. The summed E-state index contributed by atoms with van der Waals surface area (Å²) in [5, 5.41) is 19.4. The fraction of sp³-hybridized carbons (Fsp3) is 0.500. The van der Waals surface area contributed by atoms with E-state index in [1.807, 2.05) is 0 Å². The van der Waals surface area contributed by atoms with Gasteiger partial charge in [-0.3, -0.25) is 10.1 Å². The summed E-state index contributed by atoms with van der Waals surface area (Å²) in [6.45, 7) is 0. The van der Waals surface area contributed by atoms with E-state index in [0.29, 0.717) is 18.6 Å². The highest BCUT2D eigenvalue weighted by Gasteiger charge is 2.44. The third-order valence-electron chi connectivity index (χ3n) is 2.46. The molecule has 2 rings (SSSR count). The van der Waals surface area contributed by atoms with E-state index in [-0.39, 0.29) is 5.88 Å². The number of hydrogen-bond donors (Lipinski definition) is 2. The van der Waals surface area contributed by atoms with Gasteiger partial charge in [-0.05, 0) is 18.9 Å². The number of rotatable bonds is 2. The second-order valence-corrected chi connectivity index (χ2v) is 3.61. The van der Waals surface area contributed by atoms with E-state index >= 15 is 0 Å². The van der Waals surface area contributed by atoms with Crippen LogP contribution in [0.4, 0.5) is 5.88 Å². The number of nitrogens with zero attached hydrogens (tertiary/aromatic N) is 1. The number of nitrogens with two attached hydrogens (primary N) is 1. The maximum Gasteiger partial charge on any atom is 0.433 e. The first-order valence-corrected chi connectivity index (χ1v) is 4.23. The fourth-order valence-electron chi connectivity index (χ4n) is 1.68. The lowest BCUT2D eigenvalue weighted by Gasteiger charge is -2.40. The van der Waals surface area contributed by atoms with Crippen molar-refractivity contribution in [1.82, 2.24) is 0 Å². The second-order valence-electron chi connectivity index (χ2n) is 3.61. The van der Waals surface area contributed by atoms with Crippen molar-refractivity contribution in [2.75, 3.05) is 0 Å². The third-order valence-corrected chi connectivity index (χ3v) is 2.46. The first-order valence-electron chi connectivity index (χ1n) is 4.23. The van der Waals surface area contributed by atoms with Crippen LogP contribution in [0.1, 0.15) is 18.6 Å². The second kappa shape index (κ2) is 2.79. The van der Waals surface area contributed by atoms with Gasteiger partial charge < -0.3 is 15.3 Å². The largest absolute Gasteiger partial charge is 0.433 e. The van der Waals surface area contributed by atoms with Crippen LogP contribution in [0.3, 0.4) is 0 Å². The average Bonchev–Trinajstić information content (AvgIpc) is 2.49. The Balaban J connectivity index is 2.21. The van der Waals surface area contributed by atoms with Gasteiger partial charge >= 0.3 is 5.88 Å². The molecule has 0 atom stereocenters. The topological polar surface area (TPSA) is 103 Å². The summed E-state index contributed by atoms with van der Waals surface area (Å²) >= 11 is 0. The van der Waals surface area contributed by atoms with Gasteiger partial charge in [0.2, 0.25) is 0 Å². The molecule has 0 amide bonds.